The van der Waals surface area contributed by atoms with E-state index >= 15 is 0 Å². The van der Waals surface area contributed by atoms with Crippen molar-refractivity contribution in [2.45, 2.75) is 19.4 Å². The van der Waals surface area contributed by atoms with E-state index in [1.165, 1.54) is 29.2 Å². The molecule has 0 aromatic heterocycles. The maximum Gasteiger partial charge on any atom is 0.257 e. The summed E-state index contributed by atoms with van der Waals surface area (Å²) in [5.41, 5.74) is -0.360. The Morgan fingerprint density at radius 2 is 1.73 bits per heavy atom. The molecule has 0 radical (unpaired) electrons. The first-order valence-electron chi connectivity index (χ1n) is 9.40. The summed E-state index contributed by atoms with van der Waals surface area (Å²) in [5.74, 6) is -1.09. The molecule has 160 valence electrons. The average molecular weight is 415 g/mol. The van der Waals surface area contributed by atoms with Crippen LogP contribution in [0.3, 0.4) is 0 Å². The number of phenolic OH excluding ortho intramolecular Hbond substituents is 1. The van der Waals surface area contributed by atoms with Gasteiger partial charge < -0.3 is 20.6 Å². The molecule has 0 aliphatic carbocycles. The molecule has 0 bridgehead atoms. The van der Waals surface area contributed by atoms with Gasteiger partial charge in [-0.2, -0.15) is 0 Å². The fraction of sp³-hybridized carbons (Fsp3) is 0.227. The van der Waals surface area contributed by atoms with Gasteiger partial charge in [0.15, 0.2) is 5.75 Å². The van der Waals surface area contributed by atoms with Crippen molar-refractivity contribution < 1.29 is 17.1 Å². The monoisotopic (exact) mass is 415 g/mol. The van der Waals surface area contributed by atoms with Gasteiger partial charge in [0, 0.05) is 16.9 Å². The van der Waals surface area contributed by atoms with E-state index < -0.39 is 16.8 Å². The van der Waals surface area contributed by atoms with Gasteiger partial charge in [-0.25, -0.2) is 4.39 Å². The van der Waals surface area contributed by atoms with Crippen LogP contribution in [0.4, 0.5) is 21.5 Å². The van der Waals surface area contributed by atoms with E-state index in [4.69, 9.17) is 0 Å². The summed E-state index contributed by atoms with van der Waals surface area (Å²) >= 11 is 0. The summed E-state index contributed by atoms with van der Waals surface area (Å²) in [6, 6.07) is 10.1. The Morgan fingerprint density at radius 3 is 2.33 bits per heavy atom. The van der Waals surface area contributed by atoms with Crippen molar-refractivity contribution in [1.29, 1.82) is 0 Å². The summed E-state index contributed by atoms with van der Waals surface area (Å²) in [4.78, 5) is 37.8. The SMILES string of the molecule is CC[C@H](Nc1c(Nc2cccc(C(=O)N(C)C)c2O)c(=O)c1=O)c1ccc(F)cc1.[HH].[HH]. The van der Waals surface area contributed by atoms with E-state index in [-0.39, 0.29) is 43.1 Å². The highest BCUT2D eigenvalue weighted by atomic mass is 19.1. The fourth-order valence-electron chi connectivity index (χ4n) is 3.13. The van der Waals surface area contributed by atoms with Crippen LogP contribution < -0.4 is 21.5 Å². The van der Waals surface area contributed by atoms with Crippen molar-refractivity contribution in [2.75, 3.05) is 24.7 Å². The molecule has 0 heterocycles. The molecule has 0 fully saturated rings. The van der Waals surface area contributed by atoms with Crippen molar-refractivity contribution >= 4 is 23.0 Å². The number of hydrogen-bond acceptors (Lipinski definition) is 6. The molecule has 0 spiro atoms. The number of aromatic hydroxyl groups is 1. The summed E-state index contributed by atoms with van der Waals surface area (Å²) < 4.78 is 13.2. The Hall–Kier alpha value is -3.68. The number of benzene rings is 2. The highest BCUT2D eigenvalue weighted by Gasteiger charge is 2.25. The lowest BCUT2D eigenvalue weighted by Crippen LogP contribution is -2.37. The molecule has 8 heteroatoms. The minimum atomic E-state index is -0.727. The number of nitrogens with one attached hydrogen (secondary N) is 2. The van der Waals surface area contributed by atoms with Gasteiger partial charge in [0.25, 0.3) is 16.8 Å². The molecular weight excluding hydrogens is 389 g/mol. The van der Waals surface area contributed by atoms with Gasteiger partial charge in [-0.3, -0.25) is 14.4 Å². The van der Waals surface area contributed by atoms with Crippen LogP contribution in [0.2, 0.25) is 0 Å². The lowest BCUT2D eigenvalue weighted by atomic mass is 10.0. The molecule has 0 aliphatic heterocycles. The van der Waals surface area contributed by atoms with Crippen molar-refractivity contribution in [2.24, 2.45) is 0 Å². The number of amides is 1. The first kappa shape index (κ1) is 21.0. The maximum absolute atomic E-state index is 13.2. The minimum Gasteiger partial charge on any atom is -0.505 e. The van der Waals surface area contributed by atoms with Crippen LogP contribution in [0.1, 0.15) is 38.2 Å². The zero-order chi connectivity index (χ0) is 22.0. The molecule has 7 nitrogen and oxygen atoms in total. The second kappa shape index (κ2) is 8.36. The number of halogens is 1. The molecule has 0 aliphatic rings. The fourth-order valence-corrected chi connectivity index (χ4v) is 3.13. The Morgan fingerprint density at radius 1 is 1.10 bits per heavy atom. The minimum absolute atomic E-state index is 0. The molecule has 0 saturated carbocycles. The Balaban J connectivity index is 0.00000256. The molecule has 1 atom stereocenters. The van der Waals surface area contributed by atoms with E-state index in [0.717, 1.165) is 5.56 Å². The molecule has 30 heavy (non-hydrogen) atoms. The third kappa shape index (κ3) is 3.89. The maximum atomic E-state index is 13.2. The van der Waals surface area contributed by atoms with Gasteiger partial charge in [-0.05, 0) is 36.2 Å². The first-order chi connectivity index (χ1) is 14.2. The van der Waals surface area contributed by atoms with Crippen LogP contribution in [-0.2, 0) is 0 Å². The average Bonchev–Trinajstić information content (AvgIpc) is 2.74. The van der Waals surface area contributed by atoms with Gasteiger partial charge in [0.2, 0.25) is 0 Å². The number of hydrogen-bond donors (Lipinski definition) is 3. The van der Waals surface area contributed by atoms with Gasteiger partial charge in [-0.15, -0.1) is 0 Å². The number of carbonyl (C=O) groups excluding carboxylic acids is 1. The molecule has 0 saturated heterocycles. The van der Waals surface area contributed by atoms with Crippen molar-refractivity contribution in [3.05, 3.63) is 79.9 Å². The van der Waals surface area contributed by atoms with Crippen LogP contribution >= 0.6 is 0 Å². The Kier molecular flexibility index (Phi) is 5.86. The molecule has 0 unspecified atom stereocenters. The van der Waals surface area contributed by atoms with E-state index in [2.05, 4.69) is 10.6 Å². The second-order valence-electron chi connectivity index (χ2n) is 7.09. The predicted octanol–water partition coefficient (Wildman–Crippen LogP) is 3.63. The Bertz CT molecular complexity index is 1160. The summed E-state index contributed by atoms with van der Waals surface area (Å²) in [7, 11) is 3.11. The molecule has 1 amide bonds. The molecule has 3 rings (SSSR count). The third-order valence-electron chi connectivity index (χ3n) is 4.84. The van der Waals surface area contributed by atoms with Gasteiger partial charge in [0.05, 0.1) is 17.3 Å². The standard InChI is InChI=1S/C22H22FN3O4.2H2/c1-4-15(12-8-10-13(23)11-9-12)24-17-18(21(29)20(17)28)25-16-7-5-6-14(19(16)27)22(30)26(2)3;;/h5-11,15,24-25,27H,4H2,1-3H3;2*1H/t15-;;/m0../s1. The molecule has 3 aromatic rings. The van der Waals surface area contributed by atoms with Gasteiger partial charge in [-0.1, -0.05) is 25.1 Å². The van der Waals surface area contributed by atoms with E-state index in [1.54, 1.807) is 32.3 Å². The van der Waals surface area contributed by atoms with Gasteiger partial charge in [0.1, 0.15) is 17.2 Å². The molecular formula is C22H26FN3O4. The topological polar surface area (TPSA) is 98.7 Å². The van der Waals surface area contributed by atoms with Crippen molar-refractivity contribution in [3.63, 3.8) is 0 Å². The zero-order valence-corrected chi connectivity index (χ0v) is 16.8. The van der Waals surface area contributed by atoms with E-state index in [0.29, 0.717) is 6.42 Å². The quantitative estimate of drug-likeness (QED) is 0.403. The van der Waals surface area contributed by atoms with Gasteiger partial charge >= 0.3 is 0 Å². The van der Waals surface area contributed by atoms with Crippen LogP contribution in [0.15, 0.2) is 52.1 Å². The number of phenols is 1. The summed E-state index contributed by atoms with van der Waals surface area (Å²) in [5, 5.41) is 16.3. The lowest BCUT2D eigenvalue weighted by Gasteiger charge is -2.22. The van der Waals surface area contributed by atoms with Crippen LogP contribution in [0.25, 0.3) is 0 Å². The number of para-hydroxylation sites is 1. The smallest absolute Gasteiger partial charge is 0.257 e. The number of rotatable bonds is 7. The van der Waals surface area contributed by atoms with E-state index in [9.17, 15) is 23.9 Å². The lowest BCUT2D eigenvalue weighted by molar-refractivity contribution is 0.0824. The summed E-state index contributed by atoms with van der Waals surface area (Å²) in [6.07, 6.45) is 0.585. The highest BCUT2D eigenvalue weighted by molar-refractivity contribution is 5.99. The Labute approximate surface area is 175 Å². The normalized spacial score (nSPS) is 11.9. The number of carbonyl (C=O) groups is 1. The van der Waals surface area contributed by atoms with Crippen LogP contribution in [0, 0.1) is 5.82 Å². The summed E-state index contributed by atoms with van der Waals surface area (Å²) in [6.45, 7) is 1.89. The first-order valence-corrected chi connectivity index (χ1v) is 9.40. The number of nitrogens with zero attached hydrogens (tertiary/aromatic N) is 1. The zero-order valence-electron chi connectivity index (χ0n) is 16.8. The highest BCUT2D eigenvalue weighted by Crippen LogP contribution is 2.33. The molecule has 3 aromatic carbocycles. The van der Waals surface area contributed by atoms with Crippen molar-refractivity contribution in [1.82, 2.24) is 4.90 Å². The van der Waals surface area contributed by atoms with E-state index in [1.807, 2.05) is 6.92 Å². The van der Waals surface area contributed by atoms with Crippen LogP contribution in [-0.4, -0.2) is 30.0 Å². The molecule has 3 N–H and O–H groups in total. The largest absolute Gasteiger partial charge is 0.505 e. The second-order valence-corrected chi connectivity index (χ2v) is 7.09. The third-order valence-corrected chi connectivity index (χ3v) is 4.84. The predicted molar refractivity (Wildman–Crippen MR) is 118 cm³/mol. The van der Waals surface area contributed by atoms with Crippen LogP contribution in [0.5, 0.6) is 5.75 Å². The van der Waals surface area contributed by atoms with Crippen molar-refractivity contribution in [3.8, 4) is 5.75 Å². The number of anilines is 3.